The number of rotatable bonds is 15. The van der Waals surface area contributed by atoms with E-state index < -0.39 is 49.7 Å². The van der Waals surface area contributed by atoms with E-state index in [1.54, 1.807) is 30.5 Å². The summed E-state index contributed by atoms with van der Waals surface area (Å²) in [6, 6.07) is 18.5. The summed E-state index contributed by atoms with van der Waals surface area (Å²) in [4.78, 5) is 53.8. The van der Waals surface area contributed by atoms with Gasteiger partial charge in [-0.25, -0.2) is 55.0 Å². The van der Waals surface area contributed by atoms with Crippen molar-refractivity contribution < 1.29 is 69.2 Å². The third kappa shape index (κ3) is 15.2. The van der Waals surface area contributed by atoms with Gasteiger partial charge in [-0.15, -0.1) is 0 Å². The van der Waals surface area contributed by atoms with Gasteiger partial charge in [-0.05, 0) is 129 Å². The van der Waals surface area contributed by atoms with Gasteiger partial charge < -0.3 is 24.4 Å². The summed E-state index contributed by atoms with van der Waals surface area (Å²) in [5.41, 5.74) is 4.31. The number of carboxylic acid groups (broad SMARTS) is 2. The van der Waals surface area contributed by atoms with Crippen molar-refractivity contribution in [2.45, 2.75) is 62.2 Å². The predicted molar refractivity (Wildman–Crippen MR) is 263 cm³/mol. The number of methoxy groups -OCH3 is 3. The third-order valence-electron chi connectivity index (χ3n) is 10.3. The second-order valence-corrected chi connectivity index (χ2v) is 20.0. The summed E-state index contributed by atoms with van der Waals surface area (Å²) in [6.45, 7) is 7.49. The first-order chi connectivity index (χ1) is 33.7. The molecule has 23 heteroatoms. The van der Waals surface area contributed by atoms with Gasteiger partial charge in [-0.1, -0.05) is 50.9 Å². The Balaban J connectivity index is 0.000000258. The maximum Gasteiger partial charge on any atom is 0.339 e. The maximum atomic E-state index is 14.5. The molecular formula is C49H48Cl2F2N4O13S2. The molecule has 0 saturated heterocycles. The molecule has 2 aromatic heterocycles. The van der Waals surface area contributed by atoms with Crippen LogP contribution in [0.4, 0.5) is 8.78 Å². The zero-order valence-electron chi connectivity index (χ0n) is 39.5. The molecule has 0 aliphatic rings. The number of carbonyl (C=O) groups is 4. The van der Waals surface area contributed by atoms with E-state index in [1.807, 2.05) is 32.4 Å². The van der Waals surface area contributed by atoms with Crippen LogP contribution in [0, 0.1) is 11.6 Å². The Bertz CT molecular complexity index is 3250. The number of benzene rings is 4. The summed E-state index contributed by atoms with van der Waals surface area (Å²) in [5.74, 6) is -4.13. The molecule has 0 unspecified atom stereocenters. The third-order valence-corrected chi connectivity index (χ3v) is 13.2. The van der Waals surface area contributed by atoms with Crippen molar-refractivity contribution >= 4 is 67.1 Å². The second kappa shape index (κ2) is 24.9. The number of halogens is 4. The van der Waals surface area contributed by atoms with E-state index in [4.69, 9.17) is 42.9 Å². The molecule has 0 aliphatic heterocycles. The number of amides is 1. The van der Waals surface area contributed by atoms with Gasteiger partial charge in [0.2, 0.25) is 27.7 Å². The number of ether oxygens (including phenoxy) is 3. The van der Waals surface area contributed by atoms with E-state index in [0.717, 1.165) is 24.3 Å². The number of primary sulfonamides is 1. The van der Waals surface area contributed by atoms with Crippen LogP contribution in [0.25, 0.3) is 22.3 Å². The highest BCUT2D eigenvalue weighted by Crippen LogP contribution is 2.35. The first-order valence-electron chi connectivity index (χ1n) is 21.1. The van der Waals surface area contributed by atoms with Gasteiger partial charge in [0.1, 0.15) is 11.6 Å². The van der Waals surface area contributed by atoms with E-state index in [9.17, 15) is 49.9 Å². The molecule has 6 aromatic rings. The largest absolute Gasteiger partial charge is 0.481 e. The molecule has 0 fully saturated rings. The molecule has 5 N–H and O–H groups in total. The van der Waals surface area contributed by atoms with Crippen LogP contribution in [0.15, 0.2) is 107 Å². The minimum atomic E-state index is -4.35. The van der Waals surface area contributed by atoms with Gasteiger partial charge in [0.15, 0.2) is 0 Å². The average Bonchev–Trinajstić information content (AvgIpc) is 3.31. The van der Waals surface area contributed by atoms with Crippen molar-refractivity contribution in [2.75, 3.05) is 21.3 Å². The molecule has 382 valence electrons. The highest BCUT2D eigenvalue weighted by Gasteiger charge is 2.24. The topological polar surface area (TPSA) is 269 Å². The zero-order chi connectivity index (χ0) is 53.8. The number of nitrogens with two attached hydrogens (primary N) is 1. The number of aliphatic carboxylic acids is 1. The number of pyridine rings is 2. The summed E-state index contributed by atoms with van der Waals surface area (Å²) in [5, 5.41) is 22.8. The molecule has 4 aromatic carbocycles. The minimum absolute atomic E-state index is 0.0200. The van der Waals surface area contributed by atoms with Gasteiger partial charge in [0, 0.05) is 24.5 Å². The molecule has 17 nitrogen and oxygen atoms in total. The van der Waals surface area contributed by atoms with Crippen molar-refractivity contribution in [2.24, 2.45) is 5.14 Å². The number of aromatic nitrogens is 2. The van der Waals surface area contributed by atoms with E-state index in [1.165, 1.54) is 63.9 Å². The molecular weight excluding hydrogens is 1030 g/mol. The Morgan fingerprint density at radius 3 is 1.50 bits per heavy atom. The molecule has 0 bridgehead atoms. The van der Waals surface area contributed by atoms with Crippen LogP contribution < -0.4 is 19.3 Å². The lowest BCUT2D eigenvalue weighted by Gasteiger charge is -2.18. The predicted octanol–water partition coefficient (Wildman–Crippen LogP) is 8.84. The number of sulfonamides is 2. The monoisotopic (exact) mass is 1070 g/mol. The number of carboxylic acids is 2. The Morgan fingerprint density at radius 2 is 1.10 bits per heavy atom. The van der Waals surface area contributed by atoms with Crippen LogP contribution in [0.5, 0.6) is 11.8 Å². The summed E-state index contributed by atoms with van der Waals surface area (Å²) in [6.07, 6.45) is 2.51. The molecule has 0 spiro atoms. The van der Waals surface area contributed by atoms with Gasteiger partial charge in [-0.3, -0.25) is 9.59 Å². The smallest absolute Gasteiger partial charge is 0.339 e. The highest BCUT2D eigenvalue weighted by atomic mass is 35.5. The van der Waals surface area contributed by atoms with Gasteiger partial charge >= 0.3 is 17.9 Å². The Morgan fingerprint density at radius 1 is 0.653 bits per heavy atom. The number of carbonyl (C=O) groups excluding carboxylic acids is 2. The molecule has 6 rings (SSSR count). The van der Waals surface area contributed by atoms with Crippen molar-refractivity contribution in [1.82, 2.24) is 14.7 Å². The van der Waals surface area contributed by atoms with Crippen LogP contribution in [-0.2, 0) is 47.2 Å². The normalized spacial score (nSPS) is 11.1. The van der Waals surface area contributed by atoms with E-state index in [2.05, 4.69) is 14.7 Å². The van der Waals surface area contributed by atoms with Crippen LogP contribution in [0.1, 0.15) is 82.5 Å². The quantitative estimate of drug-likeness (QED) is 0.0700. The van der Waals surface area contributed by atoms with Crippen molar-refractivity contribution in [3.63, 3.8) is 0 Å². The van der Waals surface area contributed by atoms with Gasteiger partial charge in [0.25, 0.3) is 10.0 Å². The second-order valence-electron chi connectivity index (χ2n) is 15.9. The zero-order valence-corrected chi connectivity index (χ0v) is 42.6. The van der Waals surface area contributed by atoms with E-state index in [0.29, 0.717) is 50.4 Å². The molecule has 0 radical (unpaired) electrons. The summed E-state index contributed by atoms with van der Waals surface area (Å²) in [7, 11) is -4.03. The van der Waals surface area contributed by atoms with Crippen molar-refractivity contribution in [3.8, 4) is 34.0 Å². The SMILES string of the molecule is COC(=O)c1ccc(S(N)(=O)=O)cc1Cl.COc1cc(-c2cc(F)cc(C(C)C)c2CC(=O)NS(=O)(=O)c2ccc(C(=O)O)c(Cl)c2)ccn1.COc1cc(-c2cc(F)cc(C(C)C)c2CC(=O)O)ccn1. The van der Waals surface area contributed by atoms with Crippen molar-refractivity contribution in [3.05, 3.63) is 152 Å². The number of esters is 1. The Hall–Kier alpha value is -7.04. The lowest BCUT2D eigenvalue weighted by atomic mass is 9.88. The van der Waals surface area contributed by atoms with Crippen molar-refractivity contribution in [1.29, 1.82) is 0 Å². The van der Waals surface area contributed by atoms with E-state index in [-0.39, 0.29) is 67.3 Å². The fourth-order valence-corrected chi connectivity index (χ4v) is 9.17. The Kier molecular flexibility index (Phi) is 19.9. The molecule has 1 amide bonds. The number of hydrogen-bond donors (Lipinski definition) is 4. The summed E-state index contributed by atoms with van der Waals surface area (Å²) < 4.78 is 92.5. The lowest BCUT2D eigenvalue weighted by Crippen LogP contribution is -2.32. The molecule has 0 saturated carbocycles. The number of nitrogens with one attached hydrogen (secondary N) is 1. The molecule has 2 heterocycles. The first kappa shape index (κ1) is 57.5. The average molecular weight is 1070 g/mol. The fourth-order valence-electron chi connectivity index (χ4n) is 6.97. The number of hydrogen-bond acceptors (Lipinski definition) is 13. The maximum absolute atomic E-state index is 14.5. The van der Waals surface area contributed by atoms with E-state index >= 15 is 0 Å². The standard InChI is InChI=1S/C24H22ClFN2O6S.C17H18FNO3.C8H8ClNO4S/c1-13(2)18-9-15(26)10-19(14-6-7-27-23(8-14)34-3)20(18)12-22(29)28-35(32,33)16-4-5-17(24(30)31)21(25)11-16;1-10(2)13-7-12(18)8-14(15(13)9-17(20)21)11-4-5-19-16(6-11)22-3;1-14-8(11)6-3-2-5(4-7(6)9)15(10,12)13/h4-11,13H,12H2,1-3H3,(H,28,29)(H,30,31);4-8,10H,9H2,1-3H3,(H,20,21);2-4H,1H3,(H2,10,12,13). The highest BCUT2D eigenvalue weighted by molar-refractivity contribution is 7.90. The first-order valence-corrected chi connectivity index (χ1v) is 24.9. The van der Waals surface area contributed by atoms with Gasteiger partial charge in [-0.2, -0.15) is 0 Å². The van der Waals surface area contributed by atoms with Crippen LogP contribution in [-0.4, -0.2) is 82.2 Å². The number of aromatic carboxylic acids is 1. The minimum Gasteiger partial charge on any atom is -0.481 e. The molecule has 0 aliphatic carbocycles. The van der Waals surface area contributed by atoms with Crippen LogP contribution in [0.3, 0.4) is 0 Å². The van der Waals surface area contributed by atoms with Gasteiger partial charge in [0.05, 0.1) is 65.1 Å². The molecule has 72 heavy (non-hydrogen) atoms. The molecule has 0 atom stereocenters. The Labute approximate surface area is 424 Å². The van der Waals surface area contributed by atoms with Crippen LogP contribution in [0.2, 0.25) is 10.0 Å². The number of nitrogens with zero attached hydrogens (tertiary/aromatic N) is 2. The summed E-state index contributed by atoms with van der Waals surface area (Å²) >= 11 is 11.6. The fraction of sp³-hybridized carbons (Fsp3) is 0.224. The lowest BCUT2D eigenvalue weighted by molar-refractivity contribution is -0.136. The van der Waals surface area contributed by atoms with Crippen LogP contribution >= 0.6 is 23.2 Å².